The van der Waals surface area contributed by atoms with Crippen molar-refractivity contribution in [2.45, 2.75) is 38.2 Å². The maximum Gasteiger partial charge on any atom is 4.00 e. The first kappa shape index (κ1) is 53.7. The molecule has 1 atom stereocenters. The minimum Gasteiger partial charge on any atom is -0.378 e. The van der Waals surface area contributed by atoms with Crippen LogP contribution in [0.25, 0.3) is 0 Å². The van der Waals surface area contributed by atoms with Crippen LogP contribution in [0, 0.1) is 12.2 Å². The molecule has 1 unspecified atom stereocenters. The van der Waals surface area contributed by atoms with Crippen LogP contribution >= 0.6 is 0 Å². The van der Waals surface area contributed by atoms with E-state index in [0.29, 0.717) is 6.10 Å². The van der Waals surface area contributed by atoms with E-state index in [1.165, 1.54) is 62.1 Å². The van der Waals surface area contributed by atoms with Gasteiger partial charge in [0.2, 0.25) is 0 Å². The molecule has 3 aliphatic rings. The topological polar surface area (TPSA) is 9.23 Å². The van der Waals surface area contributed by atoms with E-state index in [4.69, 9.17) is 4.74 Å². The summed E-state index contributed by atoms with van der Waals surface area (Å²) in [5.41, 5.74) is 12.1. The minimum absolute atomic E-state index is 0. The van der Waals surface area contributed by atoms with E-state index in [1.807, 2.05) is 24.3 Å². The van der Waals surface area contributed by atoms with Gasteiger partial charge in [-0.3, -0.25) is 12.2 Å². The maximum absolute atomic E-state index is 5.56. The van der Waals surface area contributed by atoms with Crippen molar-refractivity contribution in [3.63, 3.8) is 0 Å². The van der Waals surface area contributed by atoms with Crippen LogP contribution in [-0.4, -0.2) is 25.0 Å². The monoisotopic (exact) mass is 1020 g/mol. The standard InChI is InChI=1S/2C24H20B.C11H14O.2C5H5.Zr/c2*1-5-13-21(14-6-1)25(22-15-7-2-8-16-22,23-17-9-3-10-18-23)24-19-11-4-12-20-24;1-2-5-10(6-3-1)9-11-7-4-8-12-11;2*1-2-4-5-3-1;/h2*1-20H;1-3,5-6,11H,4,7-9H2;2*1-3H,4H2;/q2*-1;;2*-1;+4. The Bertz CT molecular complexity index is 2470. The minimum atomic E-state index is -1.22. The van der Waals surface area contributed by atoms with Crippen molar-refractivity contribution in [3.8, 4) is 0 Å². The van der Waals surface area contributed by atoms with Gasteiger partial charge in [-0.05, 0) is 24.8 Å². The smallest absolute Gasteiger partial charge is 0.378 e. The van der Waals surface area contributed by atoms with Crippen LogP contribution in [0.5, 0.6) is 0 Å². The van der Waals surface area contributed by atoms with Crippen LogP contribution in [0.2, 0.25) is 0 Å². The molecule has 1 nitrogen and oxygen atoms in total. The van der Waals surface area contributed by atoms with Gasteiger partial charge in [-0.1, -0.05) is 273 Å². The average molecular weight is 1020 g/mol. The largest absolute Gasteiger partial charge is 4.00 e. The van der Waals surface area contributed by atoms with E-state index in [2.05, 4.69) is 297 Å². The van der Waals surface area contributed by atoms with E-state index in [9.17, 15) is 0 Å². The molecule has 4 heteroatoms. The molecule has 0 spiro atoms. The number of allylic oxidation sites excluding steroid dienone is 8. The normalized spacial score (nSPS) is 13.8. The summed E-state index contributed by atoms with van der Waals surface area (Å²) in [5, 5.41) is 0. The van der Waals surface area contributed by atoms with E-state index in [1.54, 1.807) is 0 Å². The van der Waals surface area contributed by atoms with Crippen molar-refractivity contribution < 1.29 is 30.9 Å². The van der Waals surface area contributed by atoms with Crippen LogP contribution in [0.15, 0.2) is 309 Å². The molecule has 73 heavy (non-hydrogen) atoms. The fourth-order valence-corrected chi connectivity index (χ4v) is 10.6. The second-order valence-electron chi connectivity index (χ2n) is 18.3. The van der Waals surface area contributed by atoms with Crippen molar-refractivity contribution in [1.29, 1.82) is 0 Å². The summed E-state index contributed by atoms with van der Waals surface area (Å²) in [6.45, 7) is 0.956. The third-order valence-electron chi connectivity index (χ3n) is 13.9. The van der Waals surface area contributed by atoms with Gasteiger partial charge >= 0.3 is 26.2 Å². The number of hydrogen-bond acceptors (Lipinski definition) is 1. The molecule has 0 N–H and O–H groups in total. The molecule has 9 aromatic carbocycles. The Hall–Kier alpha value is -7.09. The molecular weight excluding hydrogens is 958 g/mol. The summed E-state index contributed by atoms with van der Waals surface area (Å²) in [4.78, 5) is 0. The van der Waals surface area contributed by atoms with Gasteiger partial charge in [0.15, 0.2) is 0 Å². The molecular formula is C69H64B2OZr. The zero-order valence-corrected chi connectivity index (χ0v) is 44.3. The van der Waals surface area contributed by atoms with Crippen molar-refractivity contribution in [2.24, 2.45) is 0 Å². The molecule has 1 heterocycles. The van der Waals surface area contributed by atoms with Gasteiger partial charge < -0.3 is 4.74 Å². The second kappa shape index (κ2) is 29.4. The first-order valence-corrected chi connectivity index (χ1v) is 25.6. The Morgan fingerprint density at radius 3 is 0.767 bits per heavy atom. The van der Waals surface area contributed by atoms with Crippen LogP contribution in [-0.2, 0) is 37.4 Å². The molecule has 0 radical (unpaired) electrons. The third kappa shape index (κ3) is 14.3. The summed E-state index contributed by atoms with van der Waals surface area (Å²) in [6, 6.07) is 97.6. The molecule has 1 aliphatic heterocycles. The molecule has 2 aliphatic carbocycles. The Morgan fingerprint density at radius 2 is 0.589 bits per heavy atom. The molecule has 12 rings (SSSR count). The quantitative estimate of drug-likeness (QED) is 0.0980. The Balaban J connectivity index is 0.000000151. The summed E-state index contributed by atoms with van der Waals surface area (Å²) in [6.07, 6.45) is 21.6. The van der Waals surface area contributed by atoms with Crippen LogP contribution < -0.4 is 43.7 Å². The predicted octanol–water partition coefficient (Wildman–Crippen LogP) is 11.1. The van der Waals surface area contributed by atoms with Gasteiger partial charge in [0.05, 0.1) is 6.10 Å². The first-order chi connectivity index (χ1) is 35.8. The molecule has 1 fully saturated rings. The van der Waals surface area contributed by atoms with Crippen LogP contribution in [0.4, 0.5) is 0 Å². The molecule has 0 amide bonds. The maximum atomic E-state index is 5.56. The van der Waals surface area contributed by atoms with E-state index in [-0.39, 0.29) is 26.2 Å². The molecule has 0 saturated carbocycles. The number of benzene rings is 9. The summed E-state index contributed by atoms with van der Waals surface area (Å²) < 4.78 is 5.56. The molecule has 1 saturated heterocycles. The van der Waals surface area contributed by atoms with Crippen LogP contribution in [0.3, 0.4) is 0 Å². The Kier molecular flexibility index (Phi) is 21.7. The predicted molar refractivity (Wildman–Crippen MR) is 312 cm³/mol. The number of ether oxygens (including phenoxy) is 1. The van der Waals surface area contributed by atoms with Gasteiger partial charge in [0, 0.05) is 6.61 Å². The van der Waals surface area contributed by atoms with Gasteiger partial charge in [-0.2, -0.15) is 55.9 Å². The van der Waals surface area contributed by atoms with E-state index >= 15 is 0 Å². The number of rotatable bonds is 10. The zero-order chi connectivity index (χ0) is 49.2. The van der Waals surface area contributed by atoms with Gasteiger partial charge in [0.25, 0.3) is 0 Å². The summed E-state index contributed by atoms with van der Waals surface area (Å²) >= 11 is 0. The van der Waals surface area contributed by atoms with Gasteiger partial charge in [-0.25, -0.2) is 24.3 Å². The van der Waals surface area contributed by atoms with Gasteiger partial charge in [0.1, 0.15) is 12.3 Å². The summed E-state index contributed by atoms with van der Waals surface area (Å²) in [5.74, 6) is 0. The first-order valence-electron chi connectivity index (χ1n) is 25.6. The molecule has 9 aromatic rings. The second-order valence-corrected chi connectivity index (χ2v) is 18.3. The van der Waals surface area contributed by atoms with E-state index < -0.39 is 12.3 Å². The van der Waals surface area contributed by atoms with E-state index in [0.717, 1.165) is 25.9 Å². The van der Waals surface area contributed by atoms with Crippen molar-refractivity contribution in [3.05, 3.63) is 327 Å². The third-order valence-corrected chi connectivity index (χ3v) is 13.9. The average Bonchev–Trinajstić information content (AvgIpc) is 4.34. The fourth-order valence-electron chi connectivity index (χ4n) is 10.6. The number of hydrogen-bond donors (Lipinski definition) is 0. The van der Waals surface area contributed by atoms with Crippen molar-refractivity contribution in [2.75, 3.05) is 6.61 Å². The summed E-state index contributed by atoms with van der Waals surface area (Å²) in [7, 11) is 0. The molecule has 0 bridgehead atoms. The Morgan fingerprint density at radius 1 is 0.342 bits per heavy atom. The van der Waals surface area contributed by atoms with Crippen molar-refractivity contribution in [1.82, 2.24) is 0 Å². The Labute approximate surface area is 455 Å². The van der Waals surface area contributed by atoms with Crippen LogP contribution in [0.1, 0.15) is 31.2 Å². The SMILES string of the molecule is [C-]1=CC=CC1.[C-]1=CC=CC1.[Zr+4].c1ccc(CC2CCCO2)cc1.c1ccc([B-](c2ccccc2)(c2ccccc2)c2ccccc2)cc1.c1ccc([B-](c2ccccc2)(c2ccccc2)c2ccccc2)cc1. The van der Waals surface area contributed by atoms with Crippen molar-refractivity contribution >= 4 is 56.0 Å². The fraction of sp³-hybridized carbons (Fsp3) is 0.101. The molecule has 356 valence electrons. The van der Waals surface area contributed by atoms with Gasteiger partial charge in [-0.15, -0.1) is 12.8 Å². The molecule has 0 aromatic heterocycles. The zero-order valence-electron chi connectivity index (χ0n) is 41.8.